The Hall–Kier alpha value is -3.15. The maximum absolute atomic E-state index is 12.6. The number of likely N-dealkylation sites (tertiary alicyclic amines) is 1. The van der Waals surface area contributed by atoms with Gasteiger partial charge in [-0.1, -0.05) is 42.5 Å². The fraction of sp³-hybridized carbons (Fsp3) is 0.250. The second-order valence-corrected chi connectivity index (χ2v) is 6.19. The highest BCUT2D eigenvalue weighted by atomic mass is 16.5. The lowest BCUT2D eigenvalue weighted by Gasteiger charge is -2.17. The van der Waals surface area contributed by atoms with E-state index in [-0.39, 0.29) is 23.8 Å². The van der Waals surface area contributed by atoms with Gasteiger partial charge in [0.1, 0.15) is 0 Å². The molecule has 1 unspecified atom stereocenters. The Labute approximate surface area is 151 Å². The SMILES string of the molecule is COC(=O)c1ccccc1NC(=O)C1CC(=O)N(Cc2ccccc2)C1. The highest BCUT2D eigenvalue weighted by Gasteiger charge is 2.34. The average molecular weight is 352 g/mol. The zero-order chi connectivity index (χ0) is 18.5. The largest absolute Gasteiger partial charge is 0.465 e. The van der Waals surface area contributed by atoms with Crippen molar-refractivity contribution in [3.8, 4) is 0 Å². The third kappa shape index (κ3) is 3.91. The summed E-state index contributed by atoms with van der Waals surface area (Å²) in [6, 6.07) is 16.3. The molecule has 1 atom stereocenters. The maximum atomic E-state index is 12.6. The van der Waals surface area contributed by atoms with Gasteiger partial charge in [0.25, 0.3) is 0 Å². The summed E-state index contributed by atoms with van der Waals surface area (Å²) in [6.45, 7) is 0.849. The van der Waals surface area contributed by atoms with Crippen LogP contribution in [0.3, 0.4) is 0 Å². The lowest BCUT2D eigenvalue weighted by molar-refractivity contribution is -0.128. The molecule has 0 aromatic heterocycles. The minimum Gasteiger partial charge on any atom is -0.465 e. The number of methoxy groups -OCH3 is 1. The molecule has 2 aromatic rings. The Kier molecular flexibility index (Phi) is 5.31. The Bertz CT molecular complexity index is 820. The maximum Gasteiger partial charge on any atom is 0.339 e. The van der Waals surface area contributed by atoms with Gasteiger partial charge >= 0.3 is 5.97 Å². The van der Waals surface area contributed by atoms with E-state index >= 15 is 0 Å². The monoisotopic (exact) mass is 352 g/mol. The van der Waals surface area contributed by atoms with Crippen molar-refractivity contribution >= 4 is 23.5 Å². The number of nitrogens with zero attached hydrogens (tertiary/aromatic N) is 1. The molecule has 134 valence electrons. The summed E-state index contributed by atoms with van der Waals surface area (Å²) in [5.74, 6) is -1.29. The van der Waals surface area contributed by atoms with Crippen molar-refractivity contribution in [3.05, 3.63) is 65.7 Å². The number of para-hydroxylation sites is 1. The van der Waals surface area contributed by atoms with E-state index in [4.69, 9.17) is 4.74 Å². The van der Waals surface area contributed by atoms with Crippen LogP contribution in [0, 0.1) is 5.92 Å². The number of benzene rings is 2. The van der Waals surface area contributed by atoms with Crippen molar-refractivity contribution in [2.24, 2.45) is 5.92 Å². The summed E-state index contributed by atoms with van der Waals surface area (Å²) < 4.78 is 4.73. The molecule has 1 N–H and O–H groups in total. The van der Waals surface area contributed by atoms with Gasteiger partial charge in [-0.2, -0.15) is 0 Å². The van der Waals surface area contributed by atoms with Gasteiger partial charge in [0.2, 0.25) is 11.8 Å². The van der Waals surface area contributed by atoms with Crippen LogP contribution >= 0.6 is 0 Å². The van der Waals surface area contributed by atoms with Gasteiger partial charge in [0.05, 0.1) is 24.3 Å². The van der Waals surface area contributed by atoms with E-state index in [0.29, 0.717) is 18.8 Å². The van der Waals surface area contributed by atoms with Gasteiger partial charge in [0.15, 0.2) is 0 Å². The van der Waals surface area contributed by atoms with E-state index in [9.17, 15) is 14.4 Å². The number of anilines is 1. The smallest absolute Gasteiger partial charge is 0.339 e. The molecule has 26 heavy (non-hydrogen) atoms. The highest BCUT2D eigenvalue weighted by molar-refractivity contribution is 6.03. The fourth-order valence-corrected chi connectivity index (χ4v) is 3.02. The molecule has 0 spiro atoms. The van der Waals surface area contributed by atoms with Crippen LogP contribution in [0.4, 0.5) is 5.69 Å². The fourth-order valence-electron chi connectivity index (χ4n) is 3.02. The molecule has 2 amide bonds. The summed E-state index contributed by atoms with van der Waals surface area (Å²) in [5.41, 5.74) is 1.70. The number of hydrogen-bond donors (Lipinski definition) is 1. The molecule has 0 radical (unpaired) electrons. The van der Waals surface area contributed by atoms with E-state index in [1.165, 1.54) is 7.11 Å². The minimum atomic E-state index is -0.519. The van der Waals surface area contributed by atoms with Crippen molar-refractivity contribution in [2.45, 2.75) is 13.0 Å². The van der Waals surface area contributed by atoms with Gasteiger partial charge in [-0.25, -0.2) is 4.79 Å². The molecule has 3 rings (SSSR count). The normalized spacial score (nSPS) is 16.4. The van der Waals surface area contributed by atoms with Crippen LogP contribution in [-0.2, 0) is 20.9 Å². The van der Waals surface area contributed by atoms with Gasteiger partial charge in [-0.3, -0.25) is 9.59 Å². The first-order valence-electron chi connectivity index (χ1n) is 8.38. The van der Waals surface area contributed by atoms with E-state index in [1.54, 1.807) is 29.2 Å². The summed E-state index contributed by atoms with van der Waals surface area (Å²) >= 11 is 0. The summed E-state index contributed by atoms with van der Waals surface area (Å²) in [7, 11) is 1.29. The van der Waals surface area contributed by atoms with Crippen LogP contribution in [0.15, 0.2) is 54.6 Å². The van der Waals surface area contributed by atoms with E-state index in [2.05, 4.69) is 5.32 Å². The number of amides is 2. The number of rotatable bonds is 5. The van der Waals surface area contributed by atoms with Crippen LogP contribution < -0.4 is 5.32 Å². The van der Waals surface area contributed by atoms with Crippen molar-refractivity contribution in [3.63, 3.8) is 0 Å². The van der Waals surface area contributed by atoms with Crippen molar-refractivity contribution in [1.29, 1.82) is 0 Å². The number of ether oxygens (including phenoxy) is 1. The third-order valence-electron chi connectivity index (χ3n) is 4.39. The van der Waals surface area contributed by atoms with Gasteiger partial charge in [0, 0.05) is 19.5 Å². The van der Waals surface area contributed by atoms with Crippen LogP contribution in [0.5, 0.6) is 0 Å². The first kappa shape index (κ1) is 17.7. The Morgan fingerprint density at radius 3 is 2.54 bits per heavy atom. The highest BCUT2D eigenvalue weighted by Crippen LogP contribution is 2.23. The van der Waals surface area contributed by atoms with Crippen LogP contribution in [0.1, 0.15) is 22.3 Å². The quantitative estimate of drug-likeness (QED) is 0.839. The molecule has 6 heteroatoms. The minimum absolute atomic E-state index is 0.0461. The second-order valence-electron chi connectivity index (χ2n) is 6.19. The number of carbonyl (C=O) groups excluding carboxylic acids is 3. The van der Waals surface area contributed by atoms with Gasteiger partial charge < -0.3 is 15.0 Å². The molecular weight excluding hydrogens is 332 g/mol. The lowest BCUT2D eigenvalue weighted by Crippen LogP contribution is -2.28. The van der Waals surface area contributed by atoms with E-state index in [0.717, 1.165) is 5.56 Å². The number of carbonyl (C=O) groups is 3. The second kappa shape index (κ2) is 7.82. The number of nitrogens with one attached hydrogen (secondary N) is 1. The molecule has 2 aromatic carbocycles. The topological polar surface area (TPSA) is 75.7 Å². The molecule has 0 bridgehead atoms. The molecule has 0 saturated carbocycles. The zero-order valence-corrected chi connectivity index (χ0v) is 14.5. The molecule has 1 aliphatic heterocycles. The summed E-state index contributed by atoms with van der Waals surface area (Å²) in [6.07, 6.45) is 0.166. The van der Waals surface area contributed by atoms with Crippen molar-refractivity contribution < 1.29 is 19.1 Å². The average Bonchev–Trinajstić information content (AvgIpc) is 3.03. The van der Waals surface area contributed by atoms with Crippen molar-refractivity contribution in [2.75, 3.05) is 19.0 Å². The Balaban J connectivity index is 1.66. The predicted molar refractivity (Wildman–Crippen MR) is 96.4 cm³/mol. The van der Waals surface area contributed by atoms with Crippen LogP contribution in [-0.4, -0.2) is 36.3 Å². The Morgan fingerprint density at radius 1 is 1.12 bits per heavy atom. The van der Waals surface area contributed by atoms with Crippen LogP contribution in [0.25, 0.3) is 0 Å². The molecule has 1 fully saturated rings. The third-order valence-corrected chi connectivity index (χ3v) is 4.39. The van der Waals surface area contributed by atoms with E-state index in [1.807, 2.05) is 30.3 Å². The lowest BCUT2D eigenvalue weighted by atomic mass is 10.1. The standard InChI is InChI=1S/C20H20N2O4/c1-26-20(25)16-9-5-6-10-17(16)21-19(24)15-11-18(23)22(13-15)12-14-7-3-2-4-8-14/h2-10,15H,11-13H2,1H3,(H,21,24). The van der Waals surface area contributed by atoms with Crippen LogP contribution in [0.2, 0.25) is 0 Å². The first-order chi connectivity index (χ1) is 12.6. The zero-order valence-electron chi connectivity index (χ0n) is 14.5. The molecule has 1 heterocycles. The van der Waals surface area contributed by atoms with Gasteiger partial charge in [-0.05, 0) is 17.7 Å². The summed E-state index contributed by atoms with van der Waals surface area (Å²) in [5, 5.41) is 2.75. The molecular formula is C20H20N2O4. The molecule has 6 nitrogen and oxygen atoms in total. The summed E-state index contributed by atoms with van der Waals surface area (Å²) in [4.78, 5) is 38.3. The Morgan fingerprint density at radius 2 is 1.81 bits per heavy atom. The van der Waals surface area contributed by atoms with E-state index < -0.39 is 11.9 Å². The van der Waals surface area contributed by atoms with Gasteiger partial charge in [-0.15, -0.1) is 0 Å². The number of hydrogen-bond acceptors (Lipinski definition) is 4. The molecule has 1 aliphatic rings. The molecule has 0 aliphatic carbocycles. The first-order valence-corrected chi connectivity index (χ1v) is 8.38. The number of esters is 1. The molecule has 1 saturated heterocycles. The van der Waals surface area contributed by atoms with Crippen molar-refractivity contribution in [1.82, 2.24) is 4.90 Å². The predicted octanol–water partition coefficient (Wildman–Crippen LogP) is 2.46.